The molecule has 3 rings (SSSR count). The normalized spacial score (nSPS) is 25.6. The van der Waals surface area contributed by atoms with Crippen LogP contribution in [0.1, 0.15) is 24.5 Å². The Bertz CT molecular complexity index is 463. The highest BCUT2D eigenvalue weighted by molar-refractivity contribution is 5.85. The van der Waals surface area contributed by atoms with Crippen LogP contribution in [-0.4, -0.2) is 29.9 Å². The first-order valence-corrected chi connectivity index (χ1v) is 6.83. The minimum absolute atomic E-state index is 0. The largest absolute Gasteiger partial charge is 0.341 e. The molecule has 2 heterocycles. The highest BCUT2D eigenvalue weighted by atomic mass is 35.5. The van der Waals surface area contributed by atoms with Crippen LogP contribution in [0.2, 0.25) is 0 Å². The molecule has 0 bridgehead atoms. The van der Waals surface area contributed by atoms with E-state index in [1.807, 2.05) is 4.90 Å². The van der Waals surface area contributed by atoms with Gasteiger partial charge in [0.1, 0.15) is 0 Å². The molecule has 3 nitrogen and oxygen atoms in total. The number of nitrogens with one attached hydrogen (secondary N) is 1. The summed E-state index contributed by atoms with van der Waals surface area (Å²) in [6.07, 6.45) is 1.98. The van der Waals surface area contributed by atoms with Gasteiger partial charge < -0.3 is 10.2 Å². The van der Waals surface area contributed by atoms with Crippen molar-refractivity contribution in [2.75, 3.05) is 13.1 Å². The second-order valence-corrected chi connectivity index (χ2v) is 5.58. The SMILES string of the molecule is CC1CCN(C(=O)C2Cc3ccccc3CN2)C1.Cl. The summed E-state index contributed by atoms with van der Waals surface area (Å²) in [5.74, 6) is 0.943. The number of likely N-dealkylation sites (tertiary alicyclic amines) is 1. The number of hydrogen-bond donors (Lipinski definition) is 1. The fraction of sp³-hybridized carbons (Fsp3) is 0.533. The Morgan fingerprint density at radius 3 is 2.74 bits per heavy atom. The third-order valence-electron chi connectivity index (χ3n) is 4.11. The van der Waals surface area contributed by atoms with E-state index in [-0.39, 0.29) is 24.4 Å². The quantitative estimate of drug-likeness (QED) is 0.853. The lowest BCUT2D eigenvalue weighted by molar-refractivity contribution is -0.132. The molecular weight excluding hydrogens is 260 g/mol. The van der Waals surface area contributed by atoms with Crippen molar-refractivity contribution < 1.29 is 4.79 Å². The molecule has 0 saturated carbocycles. The number of benzene rings is 1. The van der Waals surface area contributed by atoms with E-state index in [1.165, 1.54) is 11.1 Å². The molecule has 2 aliphatic rings. The maximum Gasteiger partial charge on any atom is 0.240 e. The highest BCUT2D eigenvalue weighted by Crippen LogP contribution is 2.20. The average molecular weight is 281 g/mol. The molecule has 2 aliphatic heterocycles. The molecule has 1 amide bonds. The van der Waals surface area contributed by atoms with Gasteiger partial charge in [0, 0.05) is 19.6 Å². The van der Waals surface area contributed by atoms with Crippen molar-refractivity contribution in [3.63, 3.8) is 0 Å². The smallest absolute Gasteiger partial charge is 0.240 e. The molecule has 0 aliphatic carbocycles. The Hall–Kier alpha value is -1.06. The fourth-order valence-corrected chi connectivity index (χ4v) is 2.98. The molecule has 2 unspecified atom stereocenters. The lowest BCUT2D eigenvalue weighted by Crippen LogP contribution is -2.48. The lowest BCUT2D eigenvalue weighted by atomic mass is 9.95. The molecule has 1 fully saturated rings. The predicted octanol–water partition coefficient (Wildman–Crippen LogP) is 1.99. The third-order valence-corrected chi connectivity index (χ3v) is 4.11. The summed E-state index contributed by atoms with van der Waals surface area (Å²) in [5.41, 5.74) is 2.65. The van der Waals surface area contributed by atoms with E-state index in [0.29, 0.717) is 5.92 Å². The van der Waals surface area contributed by atoms with E-state index in [9.17, 15) is 4.79 Å². The Balaban J connectivity index is 0.00000133. The van der Waals surface area contributed by atoms with E-state index >= 15 is 0 Å². The predicted molar refractivity (Wildman–Crippen MR) is 78.4 cm³/mol. The van der Waals surface area contributed by atoms with Gasteiger partial charge in [-0.3, -0.25) is 4.79 Å². The van der Waals surface area contributed by atoms with Gasteiger partial charge in [-0.2, -0.15) is 0 Å². The molecule has 0 radical (unpaired) electrons. The minimum Gasteiger partial charge on any atom is -0.341 e. The summed E-state index contributed by atoms with van der Waals surface area (Å²) in [5, 5.41) is 3.38. The number of hydrogen-bond acceptors (Lipinski definition) is 2. The fourth-order valence-electron chi connectivity index (χ4n) is 2.98. The molecular formula is C15H21ClN2O. The molecule has 0 aromatic heterocycles. The van der Waals surface area contributed by atoms with E-state index in [1.54, 1.807) is 0 Å². The van der Waals surface area contributed by atoms with E-state index in [0.717, 1.165) is 32.5 Å². The first-order valence-electron chi connectivity index (χ1n) is 6.83. The number of carbonyl (C=O) groups is 1. The molecule has 19 heavy (non-hydrogen) atoms. The molecule has 1 saturated heterocycles. The number of halogens is 1. The molecule has 4 heteroatoms. The summed E-state index contributed by atoms with van der Waals surface area (Å²) >= 11 is 0. The maximum atomic E-state index is 12.4. The maximum absolute atomic E-state index is 12.4. The van der Waals surface area contributed by atoms with Crippen LogP contribution in [0.4, 0.5) is 0 Å². The van der Waals surface area contributed by atoms with Crippen LogP contribution in [0, 0.1) is 5.92 Å². The zero-order valence-corrected chi connectivity index (χ0v) is 12.1. The van der Waals surface area contributed by atoms with Gasteiger partial charge in [-0.1, -0.05) is 31.2 Å². The summed E-state index contributed by atoms with van der Waals surface area (Å²) in [6.45, 7) is 4.89. The third kappa shape index (κ3) is 2.93. The highest BCUT2D eigenvalue weighted by Gasteiger charge is 2.31. The van der Waals surface area contributed by atoms with Crippen molar-refractivity contribution in [3.8, 4) is 0 Å². The van der Waals surface area contributed by atoms with Crippen molar-refractivity contribution in [2.24, 2.45) is 5.92 Å². The number of carbonyl (C=O) groups excluding carboxylic acids is 1. The Morgan fingerprint density at radius 2 is 2.05 bits per heavy atom. The van der Waals surface area contributed by atoms with Crippen LogP contribution in [0.15, 0.2) is 24.3 Å². The van der Waals surface area contributed by atoms with E-state index in [2.05, 4.69) is 36.5 Å². The molecule has 2 atom stereocenters. The molecule has 1 aromatic rings. The van der Waals surface area contributed by atoms with Crippen LogP contribution in [0.5, 0.6) is 0 Å². The first-order chi connectivity index (χ1) is 8.74. The number of nitrogens with zero attached hydrogens (tertiary/aromatic N) is 1. The number of rotatable bonds is 1. The zero-order valence-electron chi connectivity index (χ0n) is 11.3. The van der Waals surface area contributed by atoms with Gasteiger partial charge >= 0.3 is 0 Å². The van der Waals surface area contributed by atoms with Crippen LogP contribution in [0.3, 0.4) is 0 Å². The lowest BCUT2D eigenvalue weighted by Gasteiger charge is -2.28. The van der Waals surface area contributed by atoms with Crippen molar-refractivity contribution >= 4 is 18.3 Å². The van der Waals surface area contributed by atoms with Crippen LogP contribution < -0.4 is 5.32 Å². The number of fused-ring (bicyclic) bond motifs is 1. The van der Waals surface area contributed by atoms with Gasteiger partial charge in [0.25, 0.3) is 0 Å². The zero-order chi connectivity index (χ0) is 12.5. The van der Waals surface area contributed by atoms with Gasteiger partial charge in [0.05, 0.1) is 6.04 Å². The Labute approximate surface area is 120 Å². The molecule has 104 valence electrons. The minimum atomic E-state index is -0.0230. The summed E-state index contributed by atoms with van der Waals surface area (Å²) in [4.78, 5) is 14.4. The summed E-state index contributed by atoms with van der Waals surface area (Å²) < 4.78 is 0. The first kappa shape index (κ1) is 14.4. The van der Waals surface area contributed by atoms with Crippen LogP contribution in [-0.2, 0) is 17.8 Å². The van der Waals surface area contributed by atoms with Crippen molar-refractivity contribution in [1.29, 1.82) is 0 Å². The van der Waals surface area contributed by atoms with Crippen molar-refractivity contribution in [3.05, 3.63) is 35.4 Å². The second-order valence-electron chi connectivity index (χ2n) is 5.58. The Kier molecular flexibility index (Phi) is 4.48. The Morgan fingerprint density at radius 1 is 1.32 bits per heavy atom. The van der Waals surface area contributed by atoms with Crippen molar-refractivity contribution in [1.82, 2.24) is 10.2 Å². The average Bonchev–Trinajstić information content (AvgIpc) is 2.84. The standard InChI is InChI=1S/C15H20N2O.ClH/c1-11-6-7-17(10-11)15(18)14-8-12-4-2-3-5-13(12)9-16-14;/h2-5,11,14,16H,6-10H2,1H3;1H. The number of amides is 1. The topological polar surface area (TPSA) is 32.3 Å². The second kappa shape index (κ2) is 5.93. The van der Waals surface area contributed by atoms with Gasteiger partial charge in [-0.05, 0) is 29.9 Å². The molecule has 0 spiro atoms. The monoisotopic (exact) mass is 280 g/mol. The van der Waals surface area contributed by atoms with Gasteiger partial charge in [-0.25, -0.2) is 0 Å². The van der Waals surface area contributed by atoms with E-state index < -0.39 is 0 Å². The van der Waals surface area contributed by atoms with Crippen molar-refractivity contribution in [2.45, 2.75) is 32.4 Å². The molecule has 1 N–H and O–H groups in total. The van der Waals surface area contributed by atoms with Crippen LogP contribution >= 0.6 is 12.4 Å². The molecule has 1 aromatic carbocycles. The van der Waals surface area contributed by atoms with Crippen LogP contribution in [0.25, 0.3) is 0 Å². The summed E-state index contributed by atoms with van der Waals surface area (Å²) in [6, 6.07) is 8.38. The van der Waals surface area contributed by atoms with Gasteiger partial charge in [0.15, 0.2) is 0 Å². The van der Waals surface area contributed by atoms with E-state index in [4.69, 9.17) is 0 Å². The summed E-state index contributed by atoms with van der Waals surface area (Å²) in [7, 11) is 0. The van der Waals surface area contributed by atoms with Gasteiger partial charge in [-0.15, -0.1) is 12.4 Å². The van der Waals surface area contributed by atoms with Gasteiger partial charge in [0.2, 0.25) is 5.91 Å².